The molecule has 0 aromatic heterocycles. The Kier molecular flexibility index (Phi) is 35.4. The molecule has 59 heavy (non-hydrogen) atoms. The Bertz CT molecular complexity index is 1070. The largest absolute Gasteiger partial charge is 0.472 e. The van der Waals surface area contributed by atoms with Gasteiger partial charge < -0.3 is 39.9 Å². The zero-order valence-electron chi connectivity index (χ0n) is 37.1. The van der Waals surface area contributed by atoms with Gasteiger partial charge >= 0.3 is 13.8 Å². The van der Waals surface area contributed by atoms with Crippen LogP contribution in [-0.4, -0.2) is 98.9 Å². The molecule has 12 nitrogen and oxygen atoms in total. The number of unbranched alkanes of at least 4 members (excludes halogenated alkanes) is 24. The van der Waals surface area contributed by atoms with Crippen molar-refractivity contribution in [2.75, 3.05) is 19.8 Å². The lowest BCUT2D eigenvalue weighted by Gasteiger charge is -2.41. The molecule has 0 aromatic rings. The third-order valence-electron chi connectivity index (χ3n) is 11.0. The molecule has 1 aliphatic carbocycles. The highest BCUT2D eigenvalue weighted by molar-refractivity contribution is 7.47. The molecule has 13 heteroatoms. The van der Waals surface area contributed by atoms with Crippen molar-refractivity contribution in [3.8, 4) is 0 Å². The SMILES string of the molecule is CCCCCCCC/C=C\CCCCCCCC(=O)OC(COCCCCCCCC/C=C\CCCCCCCCC)COP(=O)(O)OC1C(O)C(O)C(O)C(O)C1O. The average Bonchev–Trinajstić information content (AvgIpc) is 3.22. The number of hydrogen-bond acceptors (Lipinski definition) is 11. The summed E-state index contributed by atoms with van der Waals surface area (Å²) in [7, 11) is -5.02. The maximum Gasteiger partial charge on any atom is 0.472 e. The fourth-order valence-corrected chi connectivity index (χ4v) is 8.20. The highest BCUT2D eigenvalue weighted by Crippen LogP contribution is 2.47. The minimum atomic E-state index is -5.02. The van der Waals surface area contributed by atoms with Crippen molar-refractivity contribution in [2.24, 2.45) is 0 Å². The van der Waals surface area contributed by atoms with Crippen LogP contribution in [0.1, 0.15) is 200 Å². The van der Waals surface area contributed by atoms with Crippen LogP contribution in [0, 0.1) is 0 Å². The summed E-state index contributed by atoms with van der Waals surface area (Å²) >= 11 is 0. The minimum absolute atomic E-state index is 0.0817. The summed E-state index contributed by atoms with van der Waals surface area (Å²) in [5.41, 5.74) is 0. The number of rotatable bonds is 40. The standard InChI is InChI=1S/C46H87O12P/c1-3-5-7-9-11-13-15-17-19-20-22-24-26-28-30-32-34-36-55-37-39(38-56-59(53,54)58-46-44(51)42(49)41(48)43(50)45(46)52)57-40(47)35-33-31-29-27-25-23-21-18-16-14-12-10-8-6-4-2/h18-21,39,41-46,48-52H,3-17,22-38H2,1-2H3,(H,53,54)/b20-19-,21-18-. The number of aliphatic hydroxyl groups is 5. The van der Waals surface area contributed by atoms with E-state index in [-0.39, 0.29) is 13.0 Å². The molecule has 0 spiro atoms. The number of carbonyl (C=O) groups excluding carboxylic acids is 1. The van der Waals surface area contributed by atoms with Crippen LogP contribution in [0.15, 0.2) is 24.3 Å². The van der Waals surface area contributed by atoms with Crippen molar-refractivity contribution in [3.05, 3.63) is 24.3 Å². The quantitative estimate of drug-likeness (QED) is 0.0148. The summed E-state index contributed by atoms with van der Waals surface area (Å²) in [6, 6.07) is 0. The third kappa shape index (κ3) is 29.7. The molecule has 6 unspecified atom stereocenters. The van der Waals surface area contributed by atoms with Gasteiger partial charge in [0.1, 0.15) is 42.7 Å². The molecule has 0 aromatic carbocycles. The Labute approximate surface area is 358 Å². The molecule has 1 saturated carbocycles. The summed E-state index contributed by atoms with van der Waals surface area (Å²) in [5.74, 6) is -0.487. The van der Waals surface area contributed by atoms with Crippen LogP contribution in [0.3, 0.4) is 0 Å². The first-order valence-corrected chi connectivity index (χ1v) is 25.2. The Morgan fingerprint density at radius 1 is 0.525 bits per heavy atom. The van der Waals surface area contributed by atoms with E-state index >= 15 is 0 Å². The van der Waals surface area contributed by atoms with E-state index in [2.05, 4.69) is 38.2 Å². The molecule has 0 aliphatic heterocycles. The van der Waals surface area contributed by atoms with Gasteiger partial charge in [0.15, 0.2) is 0 Å². The highest BCUT2D eigenvalue weighted by Gasteiger charge is 2.51. The van der Waals surface area contributed by atoms with Crippen LogP contribution in [0.4, 0.5) is 0 Å². The molecule has 6 atom stereocenters. The number of esters is 1. The number of hydrogen-bond donors (Lipinski definition) is 6. The zero-order valence-corrected chi connectivity index (χ0v) is 38.0. The normalized spacial score (nSPS) is 22.6. The van der Waals surface area contributed by atoms with Crippen molar-refractivity contribution in [1.29, 1.82) is 0 Å². The molecule has 6 N–H and O–H groups in total. The summed E-state index contributed by atoms with van der Waals surface area (Å²) in [4.78, 5) is 23.1. The van der Waals surface area contributed by atoms with Gasteiger partial charge in [-0.05, 0) is 64.2 Å². The Balaban J connectivity index is 2.39. The van der Waals surface area contributed by atoms with Crippen LogP contribution >= 0.6 is 7.82 Å². The average molecular weight is 863 g/mol. The topological polar surface area (TPSA) is 192 Å². The lowest BCUT2D eigenvalue weighted by atomic mass is 9.85. The van der Waals surface area contributed by atoms with Crippen molar-refractivity contribution in [2.45, 2.75) is 243 Å². The second-order valence-corrected chi connectivity index (χ2v) is 18.0. The first kappa shape index (κ1) is 55.8. The molecule has 0 amide bonds. The van der Waals surface area contributed by atoms with Gasteiger partial charge in [-0.25, -0.2) is 4.57 Å². The number of phosphoric ester groups is 1. The van der Waals surface area contributed by atoms with Crippen LogP contribution < -0.4 is 0 Å². The molecule has 1 fully saturated rings. The first-order valence-electron chi connectivity index (χ1n) is 23.7. The van der Waals surface area contributed by atoms with Crippen LogP contribution in [0.2, 0.25) is 0 Å². The molecule has 0 radical (unpaired) electrons. The lowest BCUT2D eigenvalue weighted by Crippen LogP contribution is -2.64. The Hall–Kier alpha value is -1.18. The third-order valence-corrected chi connectivity index (χ3v) is 12.0. The maximum absolute atomic E-state index is 12.8. The molecule has 348 valence electrons. The number of carbonyl (C=O) groups is 1. The Morgan fingerprint density at radius 2 is 0.898 bits per heavy atom. The molecule has 0 bridgehead atoms. The van der Waals surface area contributed by atoms with Crippen molar-refractivity contribution in [1.82, 2.24) is 0 Å². The van der Waals surface area contributed by atoms with E-state index in [1.54, 1.807) is 0 Å². The number of aliphatic hydroxyl groups excluding tert-OH is 5. The van der Waals surface area contributed by atoms with E-state index < -0.39 is 63.1 Å². The van der Waals surface area contributed by atoms with E-state index in [0.29, 0.717) is 13.0 Å². The maximum atomic E-state index is 12.8. The van der Waals surface area contributed by atoms with Gasteiger partial charge in [0.2, 0.25) is 0 Å². The summed E-state index contributed by atoms with van der Waals surface area (Å²) in [6.45, 7) is 4.24. The first-order chi connectivity index (χ1) is 28.5. The molecule has 1 rings (SSSR count). The fraction of sp³-hybridized carbons (Fsp3) is 0.891. The summed E-state index contributed by atoms with van der Waals surface area (Å²) in [5, 5.41) is 50.2. The zero-order chi connectivity index (χ0) is 43.4. The monoisotopic (exact) mass is 863 g/mol. The van der Waals surface area contributed by atoms with Gasteiger partial charge in [0.25, 0.3) is 0 Å². The van der Waals surface area contributed by atoms with Crippen molar-refractivity contribution in [3.63, 3.8) is 0 Å². The molecule has 1 aliphatic rings. The fourth-order valence-electron chi connectivity index (χ4n) is 7.23. The van der Waals surface area contributed by atoms with Gasteiger partial charge in [-0.2, -0.15) is 0 Å². The number of ether oxygens (including phenoxy) is 2. The van der Waals surface area contributed by atoms with Gasteiger partial charge in [-0.3, -0.25) is 13.8 Å². The van der Waals surface area contributed by atoms with Crippen LogP contribution in [-0.2, 0) is 27.9 Å². The van der Waals surface area contributed by atoms with E-state index in [0.717, 1.165) is 70.6 Å². The lowest BCUT2D eigenvalue weighted by molar-refractivity contribution is -0.220. The predicted octanol–water partition coefficient (Wildman–Crippen LogP) is 9.70. The van der Waals surface area contributed by atoms with E-state index in [4.69, 9.17) is 18.5 Å². The van der Waals surface area contributed by atoms with Gasteiger partial charge in [0.05, 0.1) is 13.2 Å². The molecule has 0 heterocycles. The second kappa shape index (κ2) is 37.4. The Morgan fingerprint density at radius 3 is 1.34 bits per heavy atom. The smallest absolute Gasteiger partial charge is 0.457 e. The van der Waals surface area contributed by atoms with E-state index in [1.165, 1.54) is 103 Å². The highest BCUT2D eigenvalue weighted by atomic mass is 31.2. The van der Waals surface area contributed by atoms with Crippen molar-refractivity contribution < 1.29 is 58.3 Å². The van der Waals surface area contributed by atoms with E-state index in [1.807, 2.05) is 0 Å². The number of allylic oxidation sites excluding steroid dienone is 4. The molecular weight excluding hydrogens is 775 g/mol. The van der Waals surface area contributed by atoms with Crippen LogP contribution in [0.25, 0.3) is 0 Å². The minimum Gasteiger partial charge on any atom is -0.457 e. The van der Waals surface area contributed by atoms with E-state index in [9.17, 15) is 39.8 Å². The van der Waals surface area contributed by atoms with Crippen molar-refractivity contribution >= 4 is 13.8 Å². The predicted molar refractivity (Wildman–Crippen MR) is 235 cm³/mol. The molecular formula is C46H87O12P. The molecule has 0 saturated heterocycles. The summed E-state index contributed by atoms with van der Waals surface area (Å²) < 4.78 is 34.2. The van der Waals surface area contributed by atoms with Gasteiger partial charge in [-0.15, -0.1) is 0 Å². The van der Waals surface area contributed by atoms with Crippen LogP contribution in [0.5, 0.6) is 0 Å². The second-order valence-electron chi connectivity index (χ2n) is 16.6. The van der Waals surface area contributed by atoms with Gasteiger partial charge in [0, 0.05) is 13.0 Å². The summed E-state index contributed by atoms with van der Waals surface area (Å²) in [6.07, 6.45) is 29.6. The van der Waals surface area contributed by atoms with Gasteiger partial charge in [-0.1, -0.05) is 154 Å². The number of phosphoric acid groups is 1.